The first kappa shape index (κ1) is 19.5. The van der Waals surface area contributed by atoms with E-state index in [1.807, 2.05) is 0 Å². The average Bonchev–Trinajstić information content (AvgIpc) is 3.40. The SMILES string of the molecule is COc1ccc(NC(=O)c2cc(-c3ccco3)n(C3CCS(=O)(=O)C3)n2)cc1Cl. The quantitative estimate of drug-likeness (QED) is 0.658. The van der Waals surface area contributed by atoms with Gasteiger partial charge in [0.15, 0.2) is 21.3 Å². The van der Waals surface area contributed by atoms with Crippen LogP contribution in [0.4, 0.5) is 5.69 Å². The summed E-state index contributed by atoms with van der Waals surface area (Å²) in [5.41, 5.74) is 1.18. The predicted octanol–water partition coefficient (Wildman–Crippen LogP) is 3.42. The van der Waals surface area contributed by atoms with E-state index in [2.05, 4.69) is 10.4 Å². The first-order valence-corrected chi connectivity index (χ1v) is 11.0. The fourth-order valence-electron chi connectivity index (χ4n) is 3.30. The lowest BCUT2D eigenvalue weighted by Gasteiger charge is -2.11. The molecule has 0 bridgehead atoms. The average molecular weight is 436 g/mol. The first-order chi connectivity index (χ1) is 13.9. The Hall–Kier alpha value is -2.78. The van der Waals surface area contributed by atoms with E-state index >= 15 is 0 Å². The Morgan fingerprint density at radius 2 is 2.17 bits per heavy atom. The maximum Gasteiger partial charge on any atom is 0.276 e. The van der Waals surface area contributed by atoms with Crippen LogP contribution in [-0.4, -0.2) is 42.7 Å². The summed E-state index contributed by atoms with van der Waals surface area (Å²) in [5, 5.41) is 7.49. The monoisotopic (exact) mass is 435 g/mol. The zero-order chi connectivity index (χ0) is 20.6. The third kappa shape index (κ3) is 4.01. The molecule has 152 valence electrons. The molecule has 2 aromatic heterocycles. The van der Waals surface area contributed by atoms with Gasteiger partial charge < -0.3 is 14.5 Å². The standard InChI is InChI=1S/C19H18ClN3O5S/c1-27-17-5-4-12(9-14(17)20)21-19(24)15-10-16(18-3-2-7-28-18)23(22-15)13-6-8-29(25,26)11-13/h2-5,7,9-10,13H,6,8,11H2,1H3,(H,21,24). The van der Waals surface area contributed by atoms with Crippen molar-refractivity contribution in [3.8, 4) is 17.2 Å². The third-order valence-electron chi connectivity index (χ3n) is 4.71. The van der Waals surface area contributed by atoms with Crippen LogP contribution < -0.4 is 10.1 Å². The van der Waals surface area contributed by atoms with Crippen molar-refractivity contribution in [2.75, 3.05) is 23.9 Å². The minimum atomic E-state index is -3.12. The number of carbonyl (C=O) groups excluding carboxylic acids is 1. The number of nitrogens with zero attached hydrogens (tertiary/aromatic N) is 2. The molecule has 0 aliphatic carbocycles. The van der Waals surface area contributed by atoms with Gasteiger partial charge in [-0.1, -0.05) is 11.6 Å². The van der Waals surface area contributed by atoms with Crippen LogP contribution in [0, 0.1) is 0 Å². The van der Waals surface area contributed by atoms with Gasteiger partial charge in [-0.25, -0.2) is 8.42 Å². The highest BCUT2D eigenvalue weighted by Gasteiger charge is 2.32. The van der Waals surface area contributed by atoms with Gasteiger partial charge in [0.05, 0.1) is 35.9 Å². The van der Waals surface area contributed by atoms with Gasteiger partial charge in [-0.3, -0.25) is 9.48 Å². The molecule has 29 heavy (non-hydrogen) atoms. The molecule has 10 heteroatoms. The van der Waals surface area contributed by atoms with Crippen LogP contribution in [0.2, 0.25) is 5.02 Å². The van der Waals surface area contributed by atoms with Crippen LogP contribution in [0.15, 0.2) is 47.1 Å². The van der Waals surface area contributed by atoms with Crippen molar-refractivity contribution >= 4 is 33.0 Å². The van der Waals surface area contributed by atoms with Crippen molar-refractivity contribution in [1.29, 1.82) is 0 Å². The Kier molecular flexibility index (Phi) is 5.10. The molecule has 1 aliphatic rings. The number of amides is 1. The smallest absolute Gasteiger partial charge is 0.276 e. The predicted molar refractivity (Wildman–Crippen MR) is 108 cm³/mol. The Balaban J connectivity index is 1.64. The number of sulfone groups is 1. The number of ether oxygens (including phenoxy) is 1. The first-order valence-electron chi connectivity index (χ1n) is 8.85. The summed E-state index contributed by atoms with van der Waals surface area (Å²) in [6, 6.07) is 9.58. The van der Waals surface area contributed by atoms with Crippen molar-refractivity contribution in [1.82, 2.24) is 9.78 Å². The summed E-state index contributed by atoms with van der Waals surface area (Å²) < 4.78 is 35.9. The number of hydrogen-bond donors (Lipinski definition) is 1. The van der Waals surface area contributed by atoms with E-state index < -0.39 is 15.7 Å². The van der Waals surface area contributed by atoms with Crippen LogP contribution in [0.3, 0.4) is 0 Å². The molecule has 0 spiro atoms. The van der Waals surface area contributed by atoms with E-state index in [4.69, 9.17) is 20.8 Å². The lowest BCUT2D eigenvalue weighted by Crippen LogP contribution is -2.16. The van der Waals surface area contributed by atoms with Gasteiger partial charge in [0.25, 0.3) is 5.91 Å². The van der Waals surface area contributed by atoms with Crippen LogP contribution in [0.5, 0.6) is 5.75 Å². The van der Waals surface area contributed by atoms with E-state index in [1.165, 1.54) is 13.4 Å². The number of aromatic nitrogens is 2. The largest absolute Gasteiger partial charge is 0.495 e. The number of rotatable bonds is 5. The van der Waals surface area contributed by atoms with Crippen molar-refractivity contribution in [3.63, 3.8) is 0 Å². The molecule has 1 fully saturated rings. The number of halogens is 1. The Morgan fingerprint density at radius 1 is 1.34 bits per heavy atom. The highest BCUT2D eigenvalue weighted by molar-refractivity contribution is 7.91. The van der Waals surface area contributed by atoms with E-state index in [1.54, 1.807) is 41.1 Å². The van der Waals surface area contributed by atoms with Gasteiger partial charge in [-0.15, -0.1) is 0 Å². The minimum absolute atomic E-state index is 0.0163. The van der Waals surface area contributed by atoms with Crippen molar-refractivity contribution < 1.29 is 22.4 Å². The molecular formula is C19H18ClN3O5S. The zero-order valence-corrected chi connectivity index (χ0v) is 17.0. The van der Waals surface area contributed by atoms with Gasteiger partial charge in [0, 0.05) is 11.8 Å². The number of carbonyl (C=O) groups is 1. The number of hydrogen-bond acceptors (Lipinski definition) is 6. The molecule has 1 atom stereocenters. The van der Waals surface area contributed by atoms with Crippen LogP contribution in [0.25, 0.3) is 11.5 Å². The lowest BCUT2D eigenvalue weighted by molar-refractivity contribution is 0.102. The Bertz CT molecular complexity index is 1150. The summed E-state index contributed by atoms with van der Waals surface area (Å²) in [6.07, 6.45) is 1.95. The molecule has 4 rings (SSSR count). The van der Waals surface area contributed by atoms with Gasteiger partial charge >= 0.3 is 0 Å². The second kappa shape index (κ2) is 7.57. The van der Waals surface area contributed by atoms with Gasteiger partial charge in [0.2, 0.25) is 0 Å². The number of furan rings is 1. The summed E-state index contributed by atoms with van der Waals surface area (Å²) in [6.45, 7) is 0. The molecule has 1 aromatic carbocycles. The van der Waals surface area contributed by atoms with Crippen molar-refractivity contribution in [2.24, 2.45) is 0 Å². The molecule has 1 N–H and O–H groups in total. The number of nitrogens with one attached hydrogen (secondary N) is 1. The van der Waals surface area contributed by atoms with Crippen molar-refractivity contribution in [3.05, 3.63) is 53.4 Å². The molecule has 8 nitrogen and oxygen atoms in total. The summed E-state index contributed by atoms with van der Waals surface area (Å²) in [4.78, 5) is 12.7. The van der Waals surface area contributed by atoms with Crippen LogP contribution >= 0.6 is 11.6 Å². The topological polar surface area (TPSA) is 103 Å². The maximum absolute atomic E-state index is 12.7. The molecule has 1 amide bonds. The molecule has 0 radical (unpaired) electrons. The summed E-state index contributed by atoms with van der Waals surface area (Å²) in [5.74, 6) is 0.641. The minimum Gasteiger partial charge on any atom is -0.495 e. The lowest BCUT2D eigenvalue weighted by atomic mass is 10.2. The number of methoxy groups -OCH3 is 1. The van der Waals surface area contributed by atoms with Gasteiger partial charge in [0.1, 0.15) is 11.4 Å². The van der Waals surface area contributed by atoms with E-state index in [-0.39, 0.29) is 23.2 Å². The third-order valence-corrected chi connectivity index (χ3v) is 6.75. The second-order valence-electron chi connectivity index (χ2n) is 6.70. The fourth-order valence-corrected chi connectivity index (χ4v) is 5.25. The highest BCUT2D eigenvalue weighted by atomic mass is 35.5. The molecule has 1 unspecified atom stereocenters. The van der Waals surface area contributed by atoms with Crippen molar-refractivity contribution in [2.45, 2.75) is 12.5 Å². The van der Waals surface area contributed by atoms with E-state index in [9.17, 15) is 13.2 Å². The number of benzene rings is 1. The van der Waals surface area contributed by atoms with E-state index in [0.717, 1.165) is 0 Å². The molecule has 1 saturated heterocycles. The van der Waals surface area contributed by atoms with Gasteiger partial charge in [-0.05, 0) is 36.8 Å². The molecular weight excluding hydrogens is 418 g/mol. The molecule has 0 saturated carbocycles. The molecule has 3 heterocycles. The summed E-state index contributed by atoms with van der Waals surface area (Å²) in [7, 11) is -1.61. The van der Waals surface area contributed by atoms with Crippen LogP contribution in [0.1, 0.15) is 23.0 Å². The zero-order valence-electron chi connectivity index (χ0n) is 15.5. The summed E-state index contributed by atoms with van der Waals surface area (Å²) >= 11 is 6.10. The second-order valence-corrected chi connectivity index (χ2v) is 9.33. The van der Waals surface area contributed by atoms with Crippen LogP contribution in [-0.2, 0) is 9.84 Å². The Morgan fingerprint density at radius 3 is 2.79 bits per heavy atom. The molecule has 3 aromatic rings. The maximum atomic E-state index is 12.7. The van der Waals surface area contributed by atoms with Gasteiger partial charge in [-0.2, -0.15) is 5.10 Å². The highest BCUT2D eigenvalue weighted by Crippen LogP contribution is 2.31. The van der Waals surface area contributed by atoms with E-state index in [0.29, 0.717) is 34.3 Å². The molecule has 1 aliphatic heterocycles. The Labute approximate surface area is 172 Å². The normalized spacial score (nSPS) is 17.9. The number of anilines is 1. The fraction of sp³-hybridized carbons (Fsp3) is 0.263.